The van der Waals surface area contributed by atoms with Crippen LogP contribution in [-0.2, 0) is 6.61 Å². The average molecular weight is 372 g/mol. The van der Waals surface area contributed by atoms with Crippen LogP contribution >= 0.6 is 0 Å². The van der Waals surface area contributed by atoms with Crippen LogP contribution in [0.2, 0.25) is 0 Å². The van der Waals surface area contributed by atoms with Crippen molar-refractivity contribution in [1.82, 2.24) is 25.2 Å². The van der Waals surface area contributed by atoms with Gasteiger partial charge in [-0.15, -0.1) is 5.10 Å². The molecule has 0 unspecified atom stereocenters. The number of nitrogens with one attached hydrogen (secondary N) is 1. The lowest BCUT2D eigenvalue weighted by atomic mass is 10.2. The summed E-state index contributed by atoms with van der Waals surface area (Å²) in [4.78, 5) is 16.8. The molecular weight excluding hydrogens is 356 g/mol. The van der Waals surface area contributed by atoms with Gasteiger partial charge in [-0.3, -0.25) is 9.78 Å². The van der Waals surface area contributed by atoms with Gasteiger partial charge in [-0.1, -0.05) is 18.2 Å². The fourth-order valence-corrected chi connectivity index (χ4v) is 2.57. The number of benzene rings is 2. The second-order valence-corrected chi connectivity index (χ2v) is 5.86. The maximum Gasteiger partial charge on any atom is 0.255 e. The number of amides is 1. The summed E-state index contributed by atoms with van der Waals surface area (Å²) >= 11 is 0. The summed E-state index contributed by atoms with van der Waals surface area (Å²) in [5.41, 5.74) is 2.67. The standard InChI is InChI=1S/C20H16N6O2/c27-20(15-8-10-17(11-9-15)26-14-22-24-25-26)23-18-6-1-2-7-19(18)28-13-16-5-3-4-12-21-16/h1-12,14H,13H2,(H,23,27). The maximum atomic E-state index is 12.6. The van der Waals surface area contributed by atoms with Crippen molar-refractivity contribution in [3.8, 4) is 11.4 Å². The largest absolute Gasteiger partial charge is 0.485 e. The molecule has 0 fully saturated rings. The van der Waals surface area contributed by atoms with E-state index in [0.29, 0.717) is 23.6 Å². The van der Waals surface area contributed by atoms with E-state index < -0.39 is 0 Å². The van der Waals surface area contributed by atoms with Crippen LogP contribution < -0.4 is 10.1 Å². The van der Waals surface area contributed by atoms with Gasteiger partial charge in [-0.05, 0) is 59.0 Å². The molecular formula is C20H16N6O2. The van der Waals surface area contributed by atoms with Crippen LogP contribution in [0.1, 0.15) is 16.1 Å². The fraction of sp³-hybridized carbons (Fsp3) is 0.0500. The summed E-state index contributed by atoms with van der Waals surface area (Å²) < 4.78 is 7.34. The van der Waals surface area contributed by atoms with Crippen molar-refractivity contribution < 1.29 is 9.53 Å². The molecule has 8 nitrogen and oxygen atoms in total. The molecule has 1 N–H and O–H groups in total. The third-order valence-electron chi connectivity index (χ3n) is 3.98. The van der Waals surface area contributed by atoms with Gasteiger partial charge in [-0.2, -0.15) is 0 Å². The Morgan fingerprint density at radius 3 is 2.57 bits per heavy atom. The first-order chi connectivity index (χ1) is 13.8. The molecule has 138 valence electrons. The molecule has 4 aromatic rings. The minimum absolute atomic E-state index is 0.239. The van der Waals surface area contributed by atoms with Crippen molar-refractivity contribution in [2.45, 2.75) is 6.61 Å². The molecule has 0 aliphatic rings. The van der Waals surface area contributed by atoms with Gasteiger partial charge >= 0.3 is 0 Å². The maximum absolute atomic E-state index is 12.6. The average Bonchev–Trinajstić information content (AvgIpc) is 3.29. The van der Waals surface area contributed by atoms with Gasteiger partial charge < -0.3 is 10.1 Å². The first-order valence-corrected chi connectivity index (χ1v) is 8.56. The number of ether oxygens (including phenoxy) is 1. The van der Waals surface area contributed by atoms with E-state index in [-0.39, 0.29) is 5.91 Å². The lowest BCUT2D eigenvalue weighted by molar-refractivity contribution is 0.102. The van der Waals surface area contributed by atoms with E-state index in [1.54, 1.807) is 42.6 Å². The van der Waals surface area contributed by atoms with E-state index >= 15 is 0 Å². The van der Waals surface area contributed by atoms with Crippen LogP contribution in [-0.4, -0.2) is 31.1 Å². The number of para-hydroxylation sites is 2. The van der Waals surface area contributed by atoms with Gasteiger partial charge in [0, 0.05) is 11.8 Å². The number of rotatable bonds is 6. The van der Waals surface area contributed by atoms with Gasteiger partial charge in [0.05, 0.1) is 17.1 Å². The summed E-state index contributed by atoms with van der Waals surface area (Å²) in [6.07, 6.45) is 3.20. The van der Waals surface area contributed by atoms with Crippen LogP contribution in [0, 0.1) is 0 Å². The van der Waals surface area contributed by atoms with Gasteiger partial charge in [-0.25, -0.2) is 4.68 Å². The molecule has 8 heteroatoms. The highest BCUT2D eigenvalue weighted by Gasteiger charge is 2.10. The van der Waals surface area contributed by atoms with Crippen molar-refractivity contribution in [3.05, 3.63) is 90.5 Å². The number of tetrazole rings is 1. The van der Waals surface area contributed by atoms with Gasteiger partial charge in [0.15, 0.2) is 0 Å². The van der Waals surface area contributed by atoms with Crippen molar-refractivity contribution in [1.29, 1.82) is 0 Å². The molecule has 2 aromatic carbocycles. The molecule has 0 saturated carbocycles. The molecule has 0 spiro atoms. The molecule has 0 aliphatic carbocycles. The summed E-state index contributed by atoms with van der Waals surface area (Å²) in [6.45, 7) is 0.314. The van der Waals surface area contributed by atoms with Crippen LogP contribution in [0.15, 0.2) is 79.3 Å². The second-order valence-electron chi connectivity index (χ2n) is 5.86. The number of aromatic nitrogens is 5. The Morgan fingerprint density at radius 2 is 1.82 bits per heavy atom. The van der Waals surface area contributed by atoms with Crippen LogP contribution in [0.3, 0.4) is 0 Å². The lowest BCUT2D eigenvalue weighted by Crippen LogP contribution is -2.13. The van der Waals surface area contributed by atoms with E-state index in [0.717, 1.165) is 11.4 Å². The van der Waals surface area contributed by atoms with Gasteiger partial charge in [0.1, 0.15) is 18.7 Å². The zero-order valence-electron chi connectivity index (χ0n) is 14.8. The lowest BCUT2D eigenvalue weighted by Gasteiger charge is -2.12. The number of carbonyl (C=O) groups is 1. The molecule has 2 heterocycles. The van der Waals surface area contributed by atoms with E-state index in [4.69, 9.17) is 4.74 Å². The Morgan fingerprint density at radius 1 is 1.00 bits per heavy atom. The summed E-state index contributed by atoms with van der Waals surface area (Å²) in [5, 5.41) is 13.9. The minimum Gasteiger partial charge on any atom is -0.485 e. The number of hydrogen-bond acceptors (Lipinski definition) is 6. The number of nitrogens with zero attached hydrogens (tertiary/aromatic N) is 5. The fourth-order valence-electron chi connectivity index (χ4n) is 2.57. The quantitative estimate of drug-likeness (QED) is 0.559. The number of pyridine rings is 1. The number of carbonyl (C=O) groups excluding carboxylic acids is 1. The van der Waals surface area contributed by atoms with E-state index in [1.807, 2.05) is 30.3 Å². The predicted molar refractivity (Wildman–Crippen MR) is 102 cm³/mol. The Balaban J connectivity index is 1.46. The molecule has 0 aliphatic heterocycles. The summed E-state index contributed by atoms with van der Waals surface area (Å²) in [6, 6.07) is 19.9. The second kappa shape index (κ2) is 8.09. The topological polar surface area (TPSA) is 94.8 Å². The molecule has 2 aromatic heterocycles. The van der Waals surface area contributed by atoms with Crippen molar-refractivity contribution in [2.75, 3.05) is 5.32 Å². The molecule has 0 saturated heterocycles. The van der Waals surface area contributed by atoms with Crippen molar-refractivity contribution >= 4 is 11.6 Å². The van der Waals surface area contributed by atoms with Gasteiger partial charge in [0.2, 0.25) is 0 Å². The molecule has 1 amide bonds. The van der Waals surface area contributed by atoms with Gasteiger partial charge in [0.25, 0.3) is 5.91 Å². The van der Waals surface area contributed by atoms with E-state index in [1.165, 1.54) is 11.0 Å². The zero-order valence-corrected chi connectivity index (χ0v) is 14.8. The number of hydrogen-bond donors (Lipinski definition) is 1. The molecule has 28 heavy (non-hydrogen) atoms. The Kier molecular flexibility index (Phi) is 5.01. The smallest absolute Gasteiger partial charge is 0.255 e. The molecule has 0 atom stereocenters. The molecule has 0 radical (unpaired) electrons. The third-order valence-corrected chi connectivity index (χ3v) is 3.98. The minimum atomic E-state index is -0.239. The Hall–Kier alpha value is -4.07. The Labute approximate surface area is 160 Å². The molecule has 0 bridgehead atoms. The highest BCUT2D eigenvalue weighted by atomic mass is 16.5. The normalized spacial score (nSPS) is 10.4. The van der Waals surface area contributed by atoms with Crippen LogP contribution in [0.5, 0.6) is 5.75 Å². The van der Waals surface area contributed by atoms with Crippen LogP contribution in [0.25, 0.3) is 5.69 Å². The monoisotopic (exact) mass is 372 g/mol. The Bertz CT molecular complexity index is 1050. The number of anilines is 1. The third kappa shape index (κ3) is 4.01. The zero-order chi connectivity index (χ0) is 19.2. The predicted octanol–water partition coefficient (Wildman–Crippen LogP) is 2.89. The first kappa shape index (κ1) is 17.3. The SMILES string of the molecule is O=C(Nc1ccccc1OCc1ccccn1)c1ccc(-n2cnnn2)cc1. The van der Waals surface area contributed by atoms with E-state index in [9.17, 15) is 4.79 Å². The highest BCUT2D eigenvalue weighted by molar-refractivity contribution is 6.05. The molecule has 4 rings (SSSR count). The van der Waals surface area contributed by atoms with Crippen molar-refractivity contribution in [3.63, 3.8) is 0 Å². The van der Waals surface area contributed by atoms with Crippen molar-refractivity contribution in [2.24, 2.45) is 0 Å². The summed E-state index contributed by atoms with van der Waals surface area (Å²) in [5.74, 6) is 0.337. The van der Waals surface area contributed by atoms with E-state index in [2.05, 4.69) is 25.8 Å². The first-order valence-electron chi connectivity index (χ1n) is 8.56. The van der Waals surface area contributed by atoms with Crippen LogP contribution in [0.4, 0.5) is 5.69 Å². The highest BCUT2D eigenvalue weighted by Crippen LogP contribution is 2.25. The summed E-state index contributed by atoms with van der Waals surface area (Å²) in [7, 11) is 0.